The van der Waals surface area contributed by atoms with E-state index in [9.17, 15) is 9.59 Å². The van der Waals surface area contributed by atoms with Crippen molar-refractivity contribution in [3.63, 3.8) is 0 Å². The lowest BCUT2D eigenvalue weighted by atomic mass is 9.98. The molecule has 0 aromatic heterocycles. The first kappa shape index (κ1) is 16.1. The van der Waals surface area contributed by atoms with Crippen LogP contribution in [0.15, 0.2) is 0 Å². The molecule has 0 spiro atoms. The number of carbonyl (C=O) groups is 2. The Hall–Kier alpha value is -1.26. The molecule has 1 aliphatic heterocycles. The zero-order valence-electron chi connectivity index (χ0n) is 12.9. The third-order valence-electron chi connectivity index (χ3n) is 4.76. The molecule has 1 saturated heterocycles. The van der Waals surface area contributed by atoms with Crippen LogP contribution in [0.5, 0.6) is 0 Å². The van der Waals surface area contributed by atoms with E-state index in [0.29, 0.717) is 12.5 Å². The van der Waals surface area contributed by atoms with Gasteiger partial charge in [0.05, 0.1) is 0 Å². The number of nitrogens with zero attached hydrogens (tertiary/aromatic N) is 1. The highest BCUT2D eigenvalue weighted by molar-refractivity contribution is 5.75. The van der Waals surface area contributed by atoms with Crippen LogP contribution in [0.1, 0.15) is 70.6 Å². The Labute approximate surface area is 127 Å². The summed E-state index contributed by atoms with van der Waals surface area (Å²) in [7, 11) is 0. The molecule has 5 heteroatoms. The van der Waals surface area contributed by atoms with Gasteiger partial charge in [0.1, 0.15) is 0 Å². The van der Waals surface area contributed by atoms with Gasteiger partial charge < -0.3 is 15.3 Å². The largest absolute Gasteiger partial charge is 0.481 e. The smallest absolute Gasteiger partial charge is 0.317 e. The van der Waals surface area contributed by atoms with Gasteiger partial charge in [-0.15, -0.1) is 0 Å². The number of carbonyl (C=O) groups excluding carboxylic acids is 1. The van der Waals surface area contributed by atoms with Crippen LogP contribution in [-0.4, -0.2) is 40.6 Å². The molecular formula is C16H28N2O3. The summed E-state index contributed by atoms with van der Waals surface area (Å²) in [6, 6.07) is 0.430. The number of aliphatic carboxylic acids is 1. The minimum Gasteiger partial charge on any atom is -0.481 e. The van der Waals surface area contributed by atoms with E-state index in [4.69, 9.17) is 5.11 Å². The topological polar surface area (TPSA) is 69.6 Å². The van der Waals surface area contributed by atoms with E-state index in [-0.39, 0.29) is 18.5 Å². The zero-order valence-corrected chi connectivity index (χ0v) is 12.9. The summed E-state index contributed by atoms with van der Waals surface area (Å²) >= 11 is 0. The lowest BCUT2D eigenvalue weighted by Gasteiger charge is -2.36. The molecule has 1 heterocycles. The molecule has 0 radical (unpaired) electrons. The number of carboxylic acids is 1. The Bertz CT molecular complexity index is 351. The number of likely N-dealkylation sites (tertiary alicyclic amines) is 1. The Morgan fingerprint density at radius 2 is 1.67 bits per heavy atom. The van der Waals surface area contributed by atoms with Gasteiger partial charge in [0, 0.05) is 25.0 Å². The van der Waals surface area contributed by atoms with Gasteiger partial charge in [0.2, 0.25) is 0 Å². The van der Waals surface area contributed by atoms with Crippen LogP contribution >= 0.6 is 0 Å². The zero-order chi connectivity index (χ0) is 15.1. The standard InChI is InChI=1S/C16H28N2O3/c19-15(20)11-10-14-9-5-6-12-18(14)16(21)17-13-7-3-1-2-4-8-13/h13-14H,1-12H2,(H,17,21)(H,19,20). The molecule has 2 amide bonds. The lowest BCUT2D eigenvalue weighted by molar-refractivity contribution is -0.137. The van der Waals surface area contributed by atoms with Crippen molar-refractivity contribution < 1.29 is 14.7 Å². The van der Waals surface area contributed by atoms with Crippen molar-refractivity contribution in [2.45, 2.75) is 82.7 Å². The minimum absolute atomic E-state index is 0.0250. The van der Waals surface area contributed by atoms with Crippen LogP contribution in [-0.2, 0) is 4.79 Å². The maximum absolute atomic E-state index is 12.5. The fourth-order valence-corrected chi connectivity index (χ4v) is 3.54. The number of nitrogens with one attached hydrogen (secondary N) is 1. The summed E-state index contributed by atoms with van der Waals surface area (Å²) in [4.78, 5) is 25.1. The second-order valence-electron chi connectivity index (χ2n) is 6.41. The van der Waals surface area contributed by atoms with Crippen molar-refractivity contribution in [3.8, 4) is 0 Å². The highest BCUT2D eigenvalue weighted by Crippen LogP contribution is 2.22. The van der Waals surface area contributed by atoms with E-state index in [2.05, 4.69) is 5.32 Å². The maximum atomic E-state index is 12.5. The first-order chi connectivity index (χ1) is 10.2. The predicted molar refractivity (Wildman–Crippen MR) is 81.2 cm³/mol. The molecule has 1 saturated carbocycles. The van der Waals surface area contributed by atoms with E-state index in [1.165, 1.54) is 25.7 Å². The van der Waals surface area contributed by atoms with Gasteiger partial charge in [-0.3, -0.25) is 4.79 Å². The number of rotatable bonds is 4. The average molecular weight is 296 g/mol. The molecule has 0 bridgehead atoms. The fraction of sp³-hybridized carbons (Fsp3) is 0.875. The van der Waals surface area contributed by atoms with E-state index < -0.39 is 5.97 Å². The molecule has 0 aromatic carbocycles. The van der Waals surface area contributed by atoms with E-state index in [1.54, 1.807) is 0 Å². The average Bonchev–Trinajstić information content (AvgIpc) is 2.74. The Balaban J connectivity index is 1.86. The van der Waals surface area contributed by atoms with Crippen LogP contribution < -0.4 is 5.32 Å². The van der Waals surface area contributed by atoms with Crippen molar-refractivity contribution in [3.05, 3.63) is 0 Å². The third-order valence-corrected chi connectivity index (χ3v) is 4.76. The fourth-order valence-electron chi connectivity index (χ4n) is 3.54. The Morgan fingerprint density at radius 1 is 1.00 bits per heavy atom. The van der Waals surface area contributed by atoms with Crippen molar-refractivity contribution in [1.82, 2.24) is 10.2 Å². The summed E-state index contributed by atoms with van der Waals surface area (Å²) in [5.41, 5.74) is 0. The monoisotopic (exact) mass is 296 g/mol. The number of hydrogen-bond acceptors (Lipinski definition) is 2. The number of amides is 2. The van der Waals surface area contributed by atoms with Gasteiger partial charge in [-0.2, -0.15) is 0 Å². The summed E-state index contributed by atoms with van der Waals surface area (Å²) in [5.74, 6) is -0.773. The third kappa shape index (κ3) is 5.21. The molecular weight excluding hydrogens is 268 g/mol. The molecule has 1 unspecified atom stereocenters. The molecule has 1 aliphatic carbocycles. The van der Waals surface area contributed by atoms with Crippen LogP contribution in [0.25, 0.3) is 0 Å². The normalized spacial score (nSPS) is 24.4. The molecule has 21 heavy (non-hydrogen) atoms. The number of urea groups is 1. The van der Waals surface area contributed by atoms with Crippen LogP contribution in [0.4, 0.5) is 4.79 Å². The van der Waals surface area contributed by atoms with Gasteiger partial charge in [0.15, 0.2) is 0 Å². The number of piperidine rings is 1. The van der Waals surface area contributed by atoms with E-state index in [1.807, 2.05) is 4.90 Å². The maximum Gasteiger partial charge on any atom is 0.317 e. The summed E-state index contributed by atoms with van der Waals surface area (Å²) in [5, 5.41) is 12.0. The molecule has 2 rings (SSSR count). The summed E-state index contributed by atoms with van der Waals surface area (Å²) in [6.07, 6.45) is 10.9. The SMILES string of the molecule is O=C(O)CCC1CCCCN1C(=O)NC1CCCCCC1. The molecule has 5 nitrogen and oxygen atoms in total. The summed E-state index contributed by atoms with van der Waals surface area (Å²) < 4.78 is 0. The molecule has 2 N–H and O–H groups in total. The quantitative estimate of drug-likeness (QED) is 0.783. The Morgan fingerprint density at radius 3 is 2.33 bits per heavy atom. The van der Waals surface area contributed by atoms with Crippen molar-refractivity contribution in [1.29, 1.82) is 0 Å². The number of hydrogen-bond donors (Lipinski definition) is 2. The molecule has 2 fully saturated rings. The molecule has 1 atom stereocenters. The minimum atomic E-state index is -0.773. The highest BCUT2D eigenvalue weighted by atomic mass is 16.4. The predicted octanol–water partition coefficient (Wildman–Crippen LogP) is 3.14. The second kappa shape index (κ2) is 8.25. The van der Waals surface area contributed by atoms with Crippen LogP contribution in [0.2, 0.25) is 0 Å². The van der Waals surface area contributed by atoms with Crippen molar-refractivity contribution >= 4 is 12.0 Å². The van der Waals surface area contributed by atoms with Crippen LogP contribution in [0.3, 0.4) is 0 Å². The molecule has 0 aromatic rings. The van der Waals surface area contributed by atoms with E-state index in [0.717, 1.165) is 38.6 Å². The first-order valence-corrected chi connectivity index (χ1v) is 8.46. The first-order valence-electron chi connectivity index (χ1n) is 8.46. The highest BCUT2D eigenvalue weighted by Gasteiger charge is 2.28. The second-order valence-corrected chi connectivity index (χ2v) is 6.41. The van der Waals surface area contributed by atoms with Gasteiger partial charge in [-0.1, -0.05) is 25.7 Å². The number of carboxylic acid groups (broad SMARTS) is 1. The molecule has 2 aliphatic rings. The van der Waals surface area contributed by atoms with E-state index >= 15 is 0 Å². The van der Waals surface area contributed by atoms with Gasteiger partial charge in [-0.25, -0.2) is 4.79 Å². The van der Waals surface area contributed by atoms with Crippen LogP contribution in [0, 0.1) is 0 Å². The Kier molecular flexibility index (Phi) is 6.33. The van der Waals surface area contributed by atoms with Crippen molar-refractivity contribution in [2.75, 3.05) is 6.54 Å². The van der Waals surface area contributed by atoms with Gasteiger partial charge in [0.25, 0.3) is 0 Å². The molecule has 120 valence electrons. The lowest BCUT2D eigenvalue weighted by Crippen LogP contribution is -2.51. The summed E-state index contributed by atoms with van der Waals surface area (Å²) in [6.45, 7) is 0.767. The van der Waals surface area contributed by atoms with Gasteiger partial charge >= 0.3 is 12.0 Å². The van der Waals surface area contributed by atoms with Crippen molar-refractivity contribution in [2.24, 2.45) is 0 Å². The van der Waals surface area contributed by atoms with Gasteiger partial charge in [-0.05, 0) is 38.5 Å².